The molecule has 0 aliphatic carbocycles. The van der Waals surface area contributed by atoms with Gasteiger partial charge in [-0.15, -0.1) is 0 Å². The number of hydrogen-bond donors (Lipinski definition) is 1. The van der Waals surface area contributed by atoms with Crippen LogP contribution in [-0.2, 0) is 18.0 Å². The fourth-order valence-corrected chi connectivity index (χ4v) is 2.21. The molecule has 0 aliphatic heterocycles. The summed E-state index contributed by atoms with van der Waals surface area (Å²) in [7, 11) is 0. The summed E-state index contributed by atoms with van der Waals surface area (Å²) < 4.78 is 5.74. The zero-order valence-corrected chi connectivity index (χ0v) is 13.0. The molecule has 1 N–H and O–H groups in total. The number of rotatable bonds is 5. The van der Waals surface area contributed by atoms with Crippen LogP contribution in [0.5, 0.6) is 0 Å². The van der Waals surface area contributed by atoms with Crippen LogP contribution in [0.25, 0.3) is 0 Å². The summed E-state index contributed by atoms with van der Waals surface area (Å²) in [6.45, 7) is 7.27. The van der Waals surface area contributed by atoms with Crippen molar-refractivity contribution < 1.29 is 9.84 Å². The molecule has 0 amide bonds. The third-order valence-corrected chi connectivity index (χ3v) is 3.47. The molecule has 0 bridgehead atoms. The first kappa shape index (κ1) is 15.7. The van der Waals surface area contributed by atoms with Crippen molar-refractivity contribution in [1.82, 2.24) is 0 Å². The normalized spacial score (nSPS) is 13.1. The molecule has 1 unspecified atom stereocenters. The Morgan fingerprint density at radius 1 is 0.905 bits per heavy atom. The second-order valence-corrected chi connectivity index (χ2v) is 6.49. The first-order chi connectivity index (χ1) is 9.97. The zero-order chi connectivity index (χ0) is 15.3. The highest BCUT2D eigenvalue weighted by atomic mass is 16.5. The fraction of sp³-hybridized carbons (Fsp3) is 0.368. The molecule has 0 saturated heterocycles. The van der Waals surface area contributed by atoms with E-state index in [-0.39, 0.29) is 5.41 Å². The van der Waals surface area contributed by atoms with Gasteiger partial charge in [-0.05, 0) is 22.1 Å². The van der Waals surface area contributed by atoms with Crippen LogP contribution in [-0.4, -0.2) is 5.11 Å². The molecule has 2 aromatic carbocycles. The molecule has 21 heavy (non-hydrogen) atoms. The van der Waals surface area contributed by atoms with Gasteiger partial charge in [-0.1, -0.05) is 75.4 Å². The van der Waals surface area contributed by atoms with Gasteiger partial charge < -0.3 is 9.84 Å². The van der Waals surface area contributed by atoms with Gasteiger partial charge in [-0.2, -0.15) is 0 Å². The average molecular weight is 284 g/mol. The highest BCUT2D eigenvalue weighted by molar-refractivity contribution is 5.25. The summed E-state index contributed by atoms with van der Waals surface area (Å²) >= 11 is 0. The van der Waals surface area contributed by atoms with Crippen LogP contribution in [0.4, 0.5) is 0 Å². The van der Waals surface area contributed by atoms with E-state index in [9.17, 15) is 5.11 Å². The van der Waals surface area contributed by atoms with Gasteiger partial charge >= 0.3 is 0 Å². The maximum absolute atomic E-state index is 10.3. The van der Waals surface area contributed by atoms with Crippen molar-refractivity contribution in [2.75, 3.05) is 0 Å². The Hall–Kier alpha value is -1.64. The van der Waals surface area contributed by atoms with Crippen molar-refractivity contribution in [3.05, 3.63) is 71.3 Å². The van der Waals surface area contributed by atoms with Gasteiger partial charge in [0, 0.05) is 0 Å². The van der Waals surface area contributed by atoms with E-state index in [1.54, 1.807) is 0 Å². The second kappa shape index (κ2) is 6.88. The monoisotopic (exact) mass is 284 g/mol. The quantitative estimate of drug-likeness (QED) is 0.877. The molecular weight excluding hydrogens is 260 g/mol. The largest absolute Gasteiger partial charge is 0.388 e. The van der Waals surface area contributed by atoms with Gasteiger partial charge in [-0.3, -0.25) is 0 Å². The Kier molecular flexibility index (Phi) is 5.16. The number of ether oxygens (including phenoxy) is 1. The second-order valence-electron chi connectivity index (χ2n) is 6.49. The number of aliphatic hydroxyl groups excluding tert-OH is 1. The molecule has 2 rings (SSSR count). The molecule has 0 spiro atoms. The summed E-state index contributed by atoms with van der Waals surface area (Å²) in [5.74, 6) is 0. The molecule has 2 aromatic rings. The van der Waals surface area contributed by atoms with Gasteiger partial charge in [0.15, 0.2) is 0 Å². The van der Waals surface area contributed by atoms with E-state index in [0.717, 1.165) is 11.1 Å². The third-order valence-electron chi connectivity index (χ3n) is 3.47. The van der Waals surface area contributed by atoms with Gasteiger partial charge in [0.1, 0.15) is 0 Å². The van der Waals surface area contributed by atoms with Crippen LogP contribution in [0.3, 0.4) is 0 Å². The molecular formula is C19H24O2. The van der Waals surface area contributed by atoms with Crippen LogP contribution in [0.1, 0.15) is 43.6 Å². The minimum atomic E-state index is -0.466. The van der Waals surface area contributed by atoms with Gasteiger partial charge in [0.05, 0.1) is 19.3 Å². The SMILES string of the molecule is CC(C)(C)C(O)c1cccc(COCc2ccccc2)c1. The predicted octanol–water partition coefficient (Wildman–Crippen LogP) is 4.48. The van der Waals surface area contributed by atoms with Crippen LogP contribution < -0.4 is 0 Å². The highest BCUT2D eigenvalue weighted by Gasteiger charge is 2.23. The van der Waals surface area contributed by atoms with Crippen molar-refractivity contribution in [2.24, 2.45) is 5.41 Å². The maximum atomic E-state index is 10.3. The summed E-state index contributed by atoms with van der Waals surface area (Å²) in [6, 6.07) is 18.1. The lowest BCUT2D eigenvalue weighted by Gasteiger charge is -2.26. The van der Waals surface area contributed by atoms with E-state index in [1.165, 1.54) is 5.56 Å². The standard InChI is InChI=1S/C19H24O2/c1-19(2,3)18(20)17-11-7-10-16(12-17)14-21-13-15-8-5-4-6-9-15/h4-12,18,20H,13-14H2,1-3H3. The molecule has 0 aromatic heterocycles. The Morgan fingerprint density at radius 3 is 2.19 bits per heavy atom. The number of benzene rings is 2. The van der Waals surface area contributed by atoms with Gasteiger partial charge in [0.25, 0.3) is 0 Å². The summed E-state index contributed by atoms with van der Waals surface area (Å²) in [5.41, 5.74) is 3.04. The molecule has 0 fully saturated rings. The summed E-state index contributed by atoms with van der Waals surface area (Å²) in [4.78, 5) is 0. The van der Waals surface area contributed by atoms with E-state index in [2.05, 4.69) is 12.1 Å². The van der Waals surface area contributed by atoms with Crippen LogP contribution in [0, 0.1) is 5.41 Å². The van der Waals surface area contributed by atoms with Crippen molar-refractivity contribution in [1.29, 1.82) is 0 Å². The molecule has 0 aliphatic rings. The van der Waals surface area contributed by atoms with Crippen molar-refractivity contribution in [3.63, 3.8) is 0 Å². The van der Waals surface area contributed by atoms with E-state index >= 15 is 0 Å². The van der Waals surface area contributed by atoms with E-state index in [0.29, 0.717) is 13.2 Å². The van der Waals surface area contributed by atoms with Gasteiger partial charge in [0.2, 0.25) is 0 Å². The van der Waals surface area contributed by atoms with E-state index in [1.807, 2.05) is 63.2 Å². The molecule has 2 nitrogen and oxygen atoms in total. The van der Waals surface area contributed by atoms with Gasteiger partial charge in [-0.25, -0.2) is 0 Å². The Morgan fingerprint density at radius 2 is 1.52 bits per heavy atom. The molecule has 0 heterocycles. The molecule has 0 saturated carbocycles. The minimum Gasteiger partial charge on any atom is -0.388 e. The summed E-state index contributed by atoms with van der Waals surface area (Å²) in [6.07, 6.45) is -0.466. The number of hydrogen-bond acceptors (Lipinski definition) is 2. The Balaban J connectivity index is 1.95. The van der Waals surface area contributed by atoms with Crippen molar-refractivity contribution >= 4 is 0 Å². The average Bonchev–Trinajstić information content (AvgIpc) is 2.47. The highest BCUT2D eigenvalue weighted by Crippen LogP contribution is 2.32. The molecule has 2 heteroatoms. The lowest BCUT2D eigenvalue weighted by atomic mass is 9.84. The van der Waals surface area contributed by atoms with E-state index < -0.39 is 6.10 Å². The predicted molar refractivity (Wildman–Crippen MR) is 85.8 cm³/mol. The third kappa shape index (κ3) is 4.69. The zero-order valence-electron chi connectivity index (χ0n) is 13.0. The summed E-state index contributed by atoms with van der Waals surface area (Å²) in [5, 5.41) is 10.3. The van der Waals surface area contributed by atoms with Crippen molar-refractivity contribution in [3.8, 4) is 0 Å². The van der Waals surface area contributed by atoms with Crippen molar-refractivity contribution in [2.45, 2.75) is 40.1 Å². The van der Waals surface area contributed by atoms with Crippen LogP contribution >= 0.6 is 0 Å². The fourth-order valence-electron chi connectivity index (χ4n) is 2.21. The molecule has 1 atom stereocenters. The molecule has 112 valence electrons. The van der Waals surface area contributed by atoms with Crippen LogP contribution in [0.2, 0.25) is 0 Å². The Labute approximate surface area is 127 Å². The minimum absolute atomic E-state index is 0.163. The first-order valence-corrected chi connectivity index (χ1v) is 7.35. The Bertz CT molecular complexity index is 555. The smallest absolute Gasteiger partial charge is 0.0838 e. The van der Waals surface area contributed by atoms with Crippen LogP contribution in [0.15, 0.2) is 54.6 Å². The topological polar surface area (TPSA) is 29.5 Å². The maximum Gasteiger partial charge on any atom is 0.0838 e. The first-order valence-electron chi connectivity index (χ1n) is 7.35. The number of aliphatic hydroxyl groups is 1. The lowest BCUT2D eigenvalue weighted by Crippen LogP contribution is -2.17. The molecule has 0 radical (unpaired) electrons. The lowest BCUT2D eigenvalue weighted by molar-refractivity contribution is 0.0622. The van der Waals surface area contributed by atoms with E-state index in [4.69, 9.17) is 4.74 Å².